The molecule has 0 heterocycles. The van der Waals surface area contributed by atoms with Crippen molar-refractivity contribution in [2.45, 2.75) is 64.3 Å². The molecule has 0 aromatic carbocycles. The van der Waals surface area contributed by atoms with Crippen molar-refractivity contribution in [3.8, 4) is 0 Å². The van der Waals surface area contributed by atoms with Crippen LogP contribution in [0, 0.1) is 5.41 Å². The molecule has 0 aliphatic rings. The van der Waals surface area contributed by atoms with Crippen LogP contribution >= 0.6 is 0 Å². The largest absolute Gasteiger partial charge is 0.450 e. The van der Waals surface area contributed by atoms with Gasteiger partial charge in [-0.1, -0.05) is 19.8 Å². The molecule has 0 aromatic rings. The number of rotatable bonds is 17. The zero-order valence-corrected chi connectivity index (χ0v) is 17.1. The van der Waals surface area contributed by atoms with Gasteiger partial charge in [-0.05, 0) is 38.6 Å². The molecule has 0 rings (SSSR count). The second-order valence-electron chi connectivity index (χ2n) is 6.67. The molecule has 10 heteroatoms. The number of hydrogen-bond donors (Lipinski definition) is 7. The monoisotopic (exact) mass is 401 g/mol. The lowest BCUT2D eigenvalue weighted by Crippen LogP contribution is -2.37. The Hall–Kier alpha value is -2.07. The Morgan fingerprint density at radius 1 is 1.00 bits per heavy atom. The molecule has 9 N–H and O–H groups in total. The van der Waals surface area contributed by atoms with Gasteiger partial charge in [0.2, 0.25) is 5.91 Å². The molecule has 0 saturated heterocycles. The van der Waals surface area contributed by atoms with Crippen LogP contribution in [-0.4, -0.2) is 56.9 Å². The van der Waals surface area contributed by atoms with Crippen molar-refractivity contribution >= 4 is 18.0 Å². The molecule has 2 amide bonds. The molecule has 0 spiro atoms. The Bertz CT molecular complexity index is 435. The number of ether oxygens (including phenoxy) is 1. The molecule has 0 fully saturated rings. The number of nitrogens with one attached hydrogen (secondary N) is 5. The SMILES string of the molecule is CC[C@H](N)CNCCCCOC(=O)NCNC(=O)CCCCCCNC(=N)N. The third-order valence-corrected chi connectivity index (χ3v) is 4.08. The van der Waals surface area contributed by atoms with E-state index in [1.165, 1.54) is 0 Å². The minimum Gasteiger partial charge on any atom is -0.450 e. The van der Waals surface area contributed by atoms with E-state index in [4.69, 9.17) is 21.6 Å². The molecule has 10 nitrogen and oxygen atoms in total. The second-order valence-corrected chi connectivity index (χ2v) is 6.67. The molecule has 164 valence electrons. The van der Waals surface area contributed by atoms with E-state index in [0.717, 1.165) is 58.0 Å². The summed E-state index contributed by atoms with van der Waals surface area (Å²) in [5.74, 6) is -0.117. The summed E-state index contributed by atoms with van der Waals surface area (Å²) in [4.78, 5) is 23.2. The number of unbranched alkanes of at least 4 members (excludes halogenated alkanes) is 4. The highest BCUT2D eigenvalue weighted by molar-refractivity contribution is 5.76. The van der Waals surface area contributed by atoms with Crippen molar-refractivity contribution in [1.82, 2.24) is 21.3 Å². The van der Waals surface area contributed by atoms with Crippen LogP contribution in [0.4, 0.5) is 4.79 Å². The van der Waals surface area contributed by atoms with Crippen molar-refractivity contribution in [1.29, 1.82) is 5.41 Å². The van der Waals surface area contributed by atoms with E-state index >= 15 is 0 Å². The minimum atomic E-state index is -0.528. The van der Waals surface area contributed by atoms with Gasteiger partial charge in [0.05, 0.1) is 13.3 Å². The van der Waals surface area contributed by atoms with Gasteiger partial charge in [0.15, 0.2) is 5.96 Å². The van der Waals surface area contributed by atoms with Crippen LogP contribution in [0.25, 0.3) is 0 Å². The summed E-state index contributed by atoms with van der Waals surface area (Å²) in [6.07, 6.45) is 6.13. The second kappa shape index (κ2) is 18.3. The Morgan fingerprint density at radius 3 is 2.43 bits per heavy atom. The average Bonchev–Trinajstić information content (AvgIpc) is 2.65. The number of carbonyl (C=O) groups excluding carboxylic acids is 2. The zero-order chi connectivity index (χ0) is 21.0. The van der Waals surface area contributed by atoms with E-state index in [1.807, 2.05) is 0 Å². The first-order chi connectivity index (χ1) is 13.5. The Labute approximate surface area is 168 Å². The number of nitrogens with two attached hydrogens (primary N) is 2. The molecular weight excluding hydrogens is 362 g/mol. The maximum Gasteiger partial charge on any atom is 0.408 e. The first-order valence-electron chi connectivity index (χ1n) is 10.2. The standard InChI is InChI=1S/C18H39N7O3/c1-2-15(19)13-22-10-7-8-12-28-18(27)25-14-24-16(26)9-5-3-4-6-11-23-17(20)21/h15,22H,2-14,19H2,1H3,(H,24,26)(H,25,27)(H4,20,21,23)/t15-/m0/s1. The molecule has 0 bridgehead atoms. The molecule has 0 aliphatic heterocycles. The molecule has 0 unspecified atom stereocenters. The van der Waals surface area contributed by atoms with Crippen molar-refractivity contribution in [3.63, 3.8) is 0 Å². The van der Waals surface area contributed by atoms with Gasteiger partial charge in [-0.25, -0.2) is 4.79 Å². The van der Waals surface area contributed by atoms with Gasteiger partial charge >= 0.3 is 6.09 Å². The van der Waals surface area contributed by atoms with Crippen molar-refractivity contribution in [2.24, 2.45) is 11.5 Å². The summed E-state index contributed by atoms with van der Waals surface area (Å²) >= 11 is 0. The van der Waals surface area contributed by atoms with E-state index in [0.29, 0.717) is 19.6 Å². The molecule has 0 saturated carbocycles. The average molecular weight is 402 g/mol. The van der Waals surface area contributed by atoms with Crippen molar-refractivity contribution < 1.29 is 14.3 Å². The highest BCUT2D eigenvalue weighted by atomic mass is 16.5. The van der Waals surface area contributed by atoms with Crippen LogP contribution in [0.1, 0.15) is 58.3 Å². The van der Waals surface area contributed by atoms with Gasteiger partial charge in [-0.2, -0.15) is 0 Å². The Kier molecular flexibility index (Phi) is 16.9. The lowest BCUT2D eigenvalue weighted by atomic mass is 10.1. The van der Waals surface area contributed by atoms with Gasteiger partial charge in [0.25, 0.3) is 0 Å². The normalized spacial score (nSPS) is 11.5. The lowest BCUT2D eigenvalue weighted by Gasteiger charge is -2.10. The van der Waals surface area contributed by atoms with E-state index in [-0.39, 0.29) is 24.6 Å². The van der Waals surface area contributed by atoms with Crippen molar-refractivity contribution in [3.05, 3.63) is 0 Å². The number of hydrogen-bond acceptors (Lipinski definition) is 6. The van der Waals surface area contributed by atoms with Gasteiger partial charge in [-0.15, -0.1) is 0 Å². The number of alkyl carbamates (subject to hydrolysis) is 1. The number of amides is 2. The third-order valence-electron chi connectivity index (χ3n) is 4.08. The zero-order valence-electron chi connectivity index (χ0n) is 17.1. The van der Waals surface area contributed by atoms with Crippen molar-refractivity contribution in [2.75, 3.05) is 32.9 Å². The van der Waals surface area contributed by atoms with E-state index < -0.39 is 6.09 Å². The Balaban J connectivity index is 3.38. The van der Waals surface area contributed by atoms with Crippen LogP contribution < -0.4 is 32.7 Å². The topological polar surface area (TPSA) is 167 Å². The summed E-state index contributed by atoms with van der Waals surface area (Å²) < 4.78 is 5.04. The van der Waals surface area contributed by atoms with E-state index in [2.05, 4.69) is 28.2 Å². The van der Waals surface area contributed by atoms with Crippen LogP contribution in [-0.2, 0) is 9.53 Å². The molecule has 0 radical (unpaired) electrons. The quantitative estimate of drug-likeness (QED) is 0.0797. The predicted octanol–water partition coefficient (Wildman–Crippen LogP) is 0.327. The summed E-state index contributed by atoms with van der Waals surface area (Å²) in [6, 6.07) is 0.187. The minimum absolute atomic E-state index is 0.0185. The molecule has 1 atom stereocenters. The molecule has 0 aromatic heterocycles. The smallest absolute Gasteiger partial charge is 0.408 e. The van der Waals surface area contributed by atoms with Crippen LogP contribution in [0.15, 0.2) is 0 Å². The van der Waals surface area contributed by atoms with E-state index in [1.54, 1.807) is 0 Å². The van der Waals surface area contributed by atoms with Gasteiger partial charge in [0, 0.05) is 25.6 Å². The van der Waals surface area contributed by atoms with Gasteiger partial charge in [-0.3, -0.25) is 10.2 Å². The lowest BCUT2D eigenvalue weighted by molar-refractivity contribution is -0.121. The summed E-state index contributed by atoms with van der Waals surface area (Å²) in [5.41, 5.74) is 11.0. The third kappa shape index (κ3) is 18.7. The highest BCUT2D eigenvalue weighted by Gasteiger charge is 2.04. The number of guanidine groups is 1. The summed E-state index contributed by atoms with van der Waals surface area (Å²) in [6.45, 7) is 4.80. The first-order valence-corrected chi connectivity index (χ1v) is 10.2. The number of carbonyl (C=O) groups is 2. The van der Waals surface area contributed by atoms with Crippen LogP contribution in [0.2, 0.25) is 0 Å². The van der Waals surface area contributed by atoms with Crippen LogP contribution in [0.5, 0.6) is 0 Å². The molecule has 0 aliphatic carbocycles. The van der Waals surface area contributed by atoms with Gasteiger partial charge < -0.3 is 37.5 Å². The molecular formula is C18H39N7O3. The predicted molar refractivity (Wildman–Crippen MR) is 111 cm³/mol. The fourth-order valence-electron chi connectivity index (χ4n) is 2.29. The maximum absolute atomic E-state index is 11.7. The summed E-state index contributed by atoms with van der Waals surface area (Å²) in [5, 5.41) is 18.2. The summed E-state index contributed by atoms with van der Waals surface area (Å²) in [7, 11) is 0. The maximum atomic E-state index is 11.7. The fraction of sp³-hybridized carbons (Fsp3) is 0.833. The van der Waals surface area contributed by atoms with Gasteiger partial charge in [0.1, 0.15) is 0 Å². The highest BCUT2D eigenvalue weighted by Crippen LogP contribution is 2.02. The van der Waals surface area contributed by atoms with E-state index in [9.17, 15) is 9.59 Å². The Morgan fingerprint density at radius 2 is 1.71 bits per heavy atom. The van der Waals surface area contributed by atoms with Crippen LogP contribution in [0.3, 0.4) is 0 Å². The first kappa shape index (κ1) is 25.9. The molecule has 28 heavy (non-hydrogen) atoms. The fourth-order valence-corrected chi connectivity index (χ4v) is 2.29.